The van der Waals surface area contributed by atoms with E-state index in [4.69, 9.17) is 15.2 Å². The van der Waals surface area contributed by atoms with Crippen molar-refractivity contribution in [2.24, 2.45) is 11.7 Å². The summed E-state index contributed by atoms with van der Waals surface area (Å²) in [4.78, 5) is 37.4. The molecule has 3 rings (SSSR count). The summed E-state index contributed by atoms with van der Waals surface area (Å²) in [6.45, 7) is 4.09. The van der Waals surface area contributed by atoms with Gasteiger partial charge in [-0.25, -0.2) is 4.79 Å². The van der Waals surface area contributed by atoms with Crippen molar-refractivity contribution in [2.45, 2.75) is 45.6 Å². The first-order valence-electron chi connectivity index (χ1n) is 12.1. The van der Waals surface area contributed by atoms with Gasteiger partial charge >= 0.3 is 6.09 Å². The topological polar surface area (TPSA) is 120 Å². The third-order valence-corrected chi connectivity index (χ3v) is 5.71. The summed E-state index contributed by atoms with van der Waals surface area (Å²) in [5, 5.41) is 5.26. The highest BCUT2D eigenvalue weighted by molar-refractivity contribution is 5.91. The van der Waals surface area contributed by atoms with E-state index in [0.717, 1.165) is 16.7 Å². The largest absolute Gasteiger partial charge is 0.489 e. The van der Waals surface area contributed by atoms with E-state index in [1.54, 1.807) is 26.0 Å². The second-order valence-electron chi connectivity index (χ2n) is 9.01. The summed E-state index contributed by atoms with van der Waals surface area (Å²) in [7, 11) is 0. The van der Waals surface area contributed by atoms with Crippen molar-refractivity contribution < 1.29 is 23.9 Å². The number of ether oxygens (including phenoxy) is 2. The molecule has 0 aromatic heterocycles. The number of carbonyl (C=O) groups is 3. The standard InChI is InChI=1S/C29H33N3O5/c1-20(2)26(32-29(35)37-19-23-11-7-4-8-12-23)28(34)31-25(27(30)33)17-21-13-15-24(16-14-21)36-18-22-9-5-3-6-10-22/h3-16,20,25-26H,17-19H2,1-2H3,(H2,30,33)(H,31,34)(H,32,35)/t25-,26-/m0/s1. The molecule has 8 heteroatoms. The van der Waals surface area contributed by atoms with Crippen LogP contribution < -0.4 is 21.1 Å². The fraction of sp³-hybridized carbons (Fsp3) is 0.276. The lowest BCUT2D eigenvalue weighted by atomic mass is 10.0. The molecule has 4 N–H and O–H groups in total. The first-order chi connectivity index (χ1) is 17.8. The number of hydrogen-bond donors (Lipinski definition) is 3. The molecule has 0 spiro atoms. The van der Waals surface area contributed by atoms with E-state index in [1.165, 1.54) is 0 Å². The maximum absolute atomic E-state index is 13.0. The van der Waals surface area contributed by atoms with Crippen molar-refractivity contribution in [2.75, 3.05) is 0 Å². The van der Waals surface area contributed by atoms with Gasteiger partial charge in [0.25, 0.3) is 0 Å². The number of benzene rings is 3. The van der Waals surface area contributed by atoms with E-state index in [-0.39, 0.29) is 18.9 Å². The molecule has 8 nitrogen and oxygen atoms in total. The predicted octanol–water partition coefficient (Wildman–Crippen LogP) is 3.73. The zero-order valence-electron chi connectivity index (χ0n) is 21.1. The van der Waals surface area contributed by atoms with Crippen LogP contribution in [0.2, 0.25) is 0 Å². The van der Waals surface area contributed by atoms with Crippen LogP contribution in [-0.4, -0.2) is 30.0 Å². The number of hydrogen-bond acceptors (Lipinski definition) is 5. The van der Waals surface area contributed by atoms with Crippen molar-refractivity contribution in [3.8, 4) is 5.75 Å². The lowest BCUT2D eigenvalue weighted by Crippen LogP contribution is -2.55. The Morgan fingerprint density at radius 3 is 1.86 bits per heavy atom. The summed E-state index contributed by atoms with van der Waals surface area (Å²) in [5.74, 6) is -0.755. The molecule has 0 bridgehead atoms. The van der Waals surface area contributed by atoms with Gasteiger partial charge in [0, 0.05) is 6.42 Å². The first-order valence-corrected chi connectivity index (χ1v) is 12.1. The Morgan fingerprint density at radius 1 is 0.757 bits per heavy atom. The van der Waals surface area contributed by atoms with Crippen LogP contribution >= 0.6 is 0 Å². The minimum atomic E-state index is -0.952. The van der Waals surface area contributed by atoms with Crippen molar-refractivity contribution in [1.82, 2.24) is 10.6 Å². The second-order valence-corrected chi connectivity index (χ2v) is 9.01. The second kappa shape index (κ2) is 13.7. The molecule has 3 amide bonds. The predicted molar refractivity (Wildman–Crippen MR) is 140 cm³/mol. The maximum atomic E-state index is 13.0. The third-order valence-electron chi connectivity index (χ3n) is 5.71. The van der Waals surface area contributed by atoms with E-state index in [2.05, 4.69) is 10.6 Å². The summed E-state index contributed by atoms with van der Waals surface area (Å²) in [6.07, 6.45) is -0.525. The quantitative estimate of drug-likeness (QED) is 0.348. The average molecular weight is 504 g/mol. The number of nitrogens with one attached hydrogen (secondary N) is 2. The molecule has 0 saturated heterocycles. The summed E-state index contributed by atoms with van der Waals surface area (Å²) < 4.78 is 11.0. The van der Waals surface area contributed by atoms with Crippen molar-refractivity contribution in [3.05, 3.63) is 102 Å². The highest BCUT2D eigenvalue weighted by atomic mass is 16.5. The molecule has 0 heterocycles. The van der Waals surface area contributed by atoms with E-state index in [9.17, 15) is 14.4 Å². The normalized spacial score (nSPS) is 12.3. The molecule has 0 unspecified atom stereocenters. The molecule has 0 aliphatic heterocycles. The highest BCUT2D eigenvalue weighted by Gasteiger charge is 2.28. The summed E-state index contributed by atoms with van der Waals surface area (Å²) in [6, 6.07) is 24.4. The summed E-state index contributed by atoms with van der Waals surface area (Å²) >= 11 is 0. The van der Waals surface area contributed by atoms with Gasteiger partial charge in [-0.3, -0.25) is 9.59 Å². The molecule has 3 aromatic carbocycles. The van der Waals surface area contributed by atoms with E-state index >= 15 is 0 Å². The molecule has 0 aliphatic carbocycles. The van der Waals surface area contributed by atoms with Gasteiger partial charge in [-0.15, -0.1) is 0 Å². The third kappa shape index (κ3) is 9.00. The fourth-order valence-corrected chi connectivity index (χ4v) is 3.61. The molecule has 0 aliphatic rings. The van der Waals surface area contributed by atoms with Gasteiger partial charge in [-0.05, 0) is 34.7 Å². The number of nitrogens with two attached hydrogens (primary N) is 1. The van der Waals surface area contributed by atoms with Gasteiger partial charge in [0.05, 0.1) is 0 Å². The number of carbonyl (C=O) groups excluding carboxylic acids is 3. The van der Waals surface area contributed by atoms with E-state index in [1.807, 2.05) is 72.8 Å². The van der Waals surface area contributed by atoms with Crippen LogP contribution in [0.25, 0.3) is 0 Å². The molecule has 0 saturated carbocycles. The lowest BCUT2D eigenvalue weighted by molar-refractivity contribution is -0.129. The van der Waals surface area contributed by atoms with Crippen LogP contribution in [0.15, 0.2) is 84.9 Å². The number of primary amides is 1. The van der Waals surface area contributed by atoms with Gasteiger partial charge < -0.3 is 25.8 Å². The van der Waals surface area contributed by atoms with Crippen LogP contribution in [-0.2, 0) is 34.0 Å². The molecular weight excluding hydrogens is 470 g/mol. The fourth-order valence-electron chi connectivity index (χ4n) is 3.61. The van der Waals surface area contributed by atoms with Crippen molar-refractivity contribution >= 4 is 17.9 Å². The van der Waals surface area contributed by atoms with Gasteiger partial charge in [-0.2, -0.15) is 0 Å². The zero-order chi connectivity index (χ0) is 26.6. The van der Waals surface area contributed by atoms with Gasteiger partial charge in [0.15, 0.2) is 0 Å². The van der Waals surface area contributed by atoms with Crippen molar-refractivity contribution in [3.63, 3.8) is 0 Å². The molecule has 0 radical (unpaired) electrons. The summed E-state index contributed by atoms with van der Waals surface area (Å²) in [5.41, 5.74) is 8.26. The van der Waals surface area contributed by atoms with Crippen LogP contribution in [0, 0.1) is 5.92 Å². The molecule has 0 fully saturated rings. The number of alkyl carbamates (subject to hydrolysis) is 1. The number of rotatable bonds is 12. The van der Waals surface area contributed by atoms with E-state index in [0.29, 0.717) is 12.4 Å². The zero-order valence-corrected chi connectivity index (χ0v) is 21.1. The van der Waals surface area contributed by atoms with Crippen molar-refractivity contribution in [1.29, 1.82) is 0 Å². The van der Waals surface area contributed by atoms with Gasteiger partial charge in [0.1, 0.15) is 31.0 Å². The monoisotopic (exact) mass is 503 g/mol. The van der Waals surface area contributed by atoms with Gasteiger partial charge in [-0.1, -0.05) is 86.6 Å². The lowest BCUT2D eigenvalue weighted by Gasteiger charge is -2.24. The Balaban J connectivity index is 1.54. The number of amides is 3. The Morgan fingerprint density at radius 2 is 1.32 bits per heavy atom. The van der Waals surface area contributed by atoms with Crippen LogP contribution in [0.5, 0.6) is 5.75 Å². The molecular formula is C29H33N3O5. The Kier molecular flexibility index (Phi) is 10.1. The average Bonchev–Trinajstić information content (AvgIpc) is 2.90. The minimum Gasteiger partial charge on any atom is -0.489 e. The minimum absolute atomic E-state index is 0.0775. The Hall–Kier alpha value is -4.33. The molecule has 2 atom stereocenters. The van der Waals surface area contributed by atoms with E-state index < -0.39 is 30.0 Å². The van der Waals surface area contributed by atoms with Gasteiger partial charge in [0.2, 0.25) is 11.8 Å². The molecule has 194 valence electrons. The molecule has 3 aromatic rings. The van der Waals surface area contributed by atoms with Crippen LogP contribution in [0.3, 0.4) is 0 Å². The Labute approximate surface area is 217 Å². The maximum Gasteiger partial charge on any atom is 0.408 e. The SMILES string of the molecule is CC(C)[C@H](NC(=O)OCc1ccccc1)C(=O)N[C@@H](Cc1ccc(OCc2ccccc2)cc1)C(N)=O. The molecule has 37 heavy (non-hydrogen) atoms. The Bertz CT molecular complexity index is 1150. The smallest absolute Gasteiger partial charge is 0.408 e. The highest BCUT2D eigenvalue weighted by Crippen LogP contribution is 2.16. The van der Waals surface area contributed by atoms with Crippen LogP contribution in [0.4, 0.5) is 4.79 Å². The van der Waals surface area contributed by atoms with Crippen LogP contribution in [0.1, 0.15) is 30.5 Å². The first kappa shape index (κ1) is 27.3.